The predicted molar refractivity (Wildman–Crippen MR) is 79.1 cm³/mol. The van der Waals surface area contributed by atoms with Gasteiger partial charge in [0.25, 0.3) is 0 Å². The van der Waals surface area contributed by atoms with Gasteiger partial charge in [0.05, 0.1) is 17.1 Å². The quantitative estimate of drug-likeness (QED) is 0.722. The number of halogens is 1. The van der Waals surface area contributed by atoms with Gasteiger partial charge in [-0.2, -0.15) is 5.10 Å². The molecule has 3 aromatic rings. The Labute approximate surface area is 122 Å². The molecule has 20 heavy (non-hydrogen) atoms. The summed E-state index contributed by atoms with van der Waals surface area (Å²) < 4.78 is 1.83. The first-order chi connectivity index (χ1) is 9.63. The molecule has 0 atom stereocenters. The van der Waals surface area contributed by atoms with Crippen LogP contribution in [0.1, 0.15) is 11.5 Å². The maximum Gasteiger partial charge on any atom is 0.125 e. The highest BCUT2D eigenvalue weighted by Gasteiger charge is 2.10. The van der Waals surface area contributed by atoms with E-state index in [0.29, 0.717) is 5.02 Å². The highest BCUT2D eigenvalue weighted by Crippen LogP contribution is 2.22. The van der Waals surface area contributed by atoms with Gasteiger partial charge in [0.1, 0.15) is 5.82 Å². The van der Waals surface area contributed by atoms with Crippen LogP contribution >= 0.6 is 11.6 Å². The Morgan fingerprint density at radius 3 is 2.50 bits per heavy atom. The maximum atomic E-state index is 5.90. The van der Waals surface area contributed by atoms with E-state index in [2.05, 4.69) is 15.1 Å². The second-order valence-corrected chi connectivity index (χ2v) is 4.97. The smallest absolute Gasteiger partial charge is 0.125 e. The molecule has 0 saturated carbocycles. The normalized spacial score (nSPS) is 10.8. The average molecular weight is 285 g/mol. The summed E-state index contributed by atoms with van der Waals surface area (Å²) >= 11 is 5.90. The molecule has 2 heterocycles. The van der Waals surface area contributed by atoms with Crippen LogP contribution in [0.2, 0.25) is 5.02 Å². The third-order valence-electron chi connectivity index (χ3n) is 3.04. The number of nitrogens with zero attached hydrogens (tertiary/aromatic N) is 4. The Bertz CT molecular complexity index is 747. The van der Waals surface area contributed by atoms with Gasteiger partial charge >= 0.3 is 0 Å². The molecule has 0 fully saturated rings. The number of aromatic nitrogens is 4. The highest BCUT2D eigenvalue weighted by atomic mass is 35.5. The summed E-state index contributed by atoms with van der Waals surface area (Å²) in [4.78, 5) is 8.56. The Morgan fingerprint density at radius 1 is 1.05 bits per heavy atom. The van der Waals surface area contributed by atoms with E-state index < -0.39 is 0 Å². The Kier molecular flexibility index (Phi) is 3.24. The van der Waals surface area contributed by atoms with Crippen LogP contribution < -0.4 is 0 Å². The molecule has 5 heteroatoms. The van der Waals surface area contributed by atoms with Crippen molar-refractivity contribution in [2.24, 2.45) is 0 Å². The van der Waals surface area contributed by atoms with Crippen LogP contribution in [0.25, 0.3) is 16.9 Å². The molecular formula is C15H13ClN4. The average Bonchev–Trinajstić information content (AvgIpc) is 2.82. The SMILES string of the molecule is Cc1nccc(-c2cn(-c3ccc(Cl)cc3)nc2C)n1. The summed E-state index contributed by atoms with van der Waals surface area (Å²) in [6.07, 6.45) is 3.73. The number of aryl methyl sites for hydroxylation is 2. The molecule has 1 aromatic carbocycles. The molecular weight excluding hydrogens is 272 g/mol. The highest BCUT2D eigenvalue weighted by molar-refractivity contribution is 6.30. The lowest BCUT2D eigenvalue weighted by Gasteiger charge is -2.00. The molecule has 100 valence electrons. The first-order valence-corrected chi connectivity index (χ1v) is 6.63. The zero-order chi connectivity index (χ0) is 14.1. The number of benzene rings is 1. The van der Waals surface area contributed by atoms with Crippen molar-refractivity contribution in [3.63, 3.8) is 0 Å². The van der Waals surface area contributed by atoms with Gasteiger partial charge in [0.15, 0.2) is 0 Å². The van der Waals surface area contributed by atoms with E-state index in [9.17, 15) is 0 Å². The first-order valence-electron chi connectivity index (χ1n) is 6.26. The van der Waals surface area contributed by atoms with E-state index in [1.165, 1.54) is 0 Å². The molecule has 4 nitrogen and oxygen atoms in total. The van der Waals surface area contributed by atoms with Gasteiger partial charge in [-0.15, -0.1) is 0 Å². The van der Waals surface area contributed by atoms with Crippen molar-refractivity contribution in [3.8, 4) is 16.9 Å². The van der Waals surface area contributed by atoms with Crippen LogP contribution in [-0.2, 0) is 0 Å². The predicted octanol–water partition coefficient (Wildman–Crippen LogP) is 3.60. The van der Waals surface area contributed by atoms with Crippen LogP contribution in [0.15, 0.2) is 42.7 Å². The minimum atomic E-state index is 0.712. The second kappa shape index (κ2) is 5.06. The van der Waals surface area contributed by atoms with E-state index in [1.807, 2.05) is 55.1 Å². The molecule has 0 radical (unpaired) electrons. The van der Waals surface area contributed by atoms with E-state index >= 15 is 0 Å². The van der Waals surface area contributed by atoms with Crippen LogP contribution in [-0.4, -0.2) is 19.7 Å². The van der Waals surface area contributed by atoms with Crippen molar-refractivity contribution in [1.29, 1.82) is 0 Å². The van der Waals surface area contributed by atoms with Crippen molar-refractivity contribution in [1.82, 2.24) is 19.7 Å². The molecule has 0 aliphatic rings. The maximum absolute atomic E-state index is 5.90. The lowest BCUT2D eigenvalue weighted by Crippen LogP contribution is -1.93. The molecule has 0 aliphatic carbocycles. The lowest BCUT2D eigenvalue weighted by atomic mass is 10.2. The van der Waals surface area contributed by atoms with E-state index in [4.69, 9.17) is 11.6 Å². The number of hydrogen-bond acceptors (Lipinski definition) is 3. The third-order valence-corrected chi connectivity index (χ3v) is 3.29. The molecule has 2 aromatic heterocycles. The summed E-state index contributed by atoms with van der Waals surface area (Å²) in [5.41, 5.74) is 3.79. The minimum absolute atomic E-state index is 0.712. The molecule has 0 saturated heterocycles. The molecule has 3 rings (SSSR count). The van der Waals surface area contributed by atoms with Gasteiger partial charge in [0, 0.05) is 23.0 Å². The van der Waals surface area contributed by atoms with Gasteiger partial charge < -0.3 is 0 Å². The van der Waals surface area contributed by atoms with Gasteiger partial charge in [0.2, 0.25) is 0 Å². The van der Waals surface area contributed by atoms with Crippen LogP contribution in [0.4, 0.5) is 0 Å². The largest absolute Gasteiger partial charge is 0.242 e. The fraction of sp³-hybridized carbons (Fsp3) is 0.133. The molecule has 0 aliphatic heterocycles. The van der Waals surface area contributed by atoms with Gasteiger partial charge in [-0.1, -0.05) is 11.6 Å². The third kappa shape index (κ3) is 2.42. The number of hydrogen-bond donors (Lipinski definition) is 0. The van der Waals surface area contributed by atoms with Crippen molar-refractivity contribution >= 4 is 11.6 Å². The molecule has 0 unspecified atom stereocenters. The fourth-order valence-corrected chi connectivity index (χ4v) is 2.17. The van der Waals surface area contributed by atoms with Crippen LogP contribution in [0, 0.1) is 13.8 Å². The van der Waals surface area contributed by atoms with Crippen LogP contribution in [0.3, 0.4) is 0 Å². The lowest BCUT2D eigenvalue weighted by molar-refractivity contribution is 0.863. The standard InChI is InChI=1S/C15H13ClN4/c1-10-14(15-7-8-17-11(2)18-15)9-20(19-10)13-5-3-12(16)4-6-13/h3-9H,1-2H3. The van der Waals surface area contributed by atoms with Gasteiger partial charge in [-0.05, 0) is 44.2 Å². The second-order valence-electron chi connectivity index (χ2n) is 4.54. The van der Waals surface area contributed by atoms with E-state index in [1.54, 1.807) is 6.20 Å². The van der Waals surface area contributed by atoms with Crippen molar-refractivity contribution in [2.45, 2.75) is 13.8 Å². The zero-order valence-corrected chi connectivity index (χ0v) is 12.0. The molecule has 0 N–H and O–H groups in total. The Hall–Kier alpha value is -2.20. The Morgan fingerprint density at radius 2 is 1.80 bits per heavy atom. The number of rotatable bonds is 2. The summed E-state index contributed by atoms with van der Waals surface area (Å²) in [6, 6.07) is 9.46. The molecule has 0 amide bonds. The van der Waals surface area contributed by atoms with Crippen molar-refractivity contribution in [3.05, 3.63) is 59.3 Å². The fourth-order valence-electron chi connectivity index (χ4n) is 2.04. The summed E-state index contributed by atoms with van der Waals surface area (Å²) in [7, 11) is 0. The Balaban J connectivity index is 2.05. The topological polar surface area (TPSA) is 43.6 Å². The van der Waals surface area contributed by atoms with E-state index in [0.717, 1.165) is 28.5 Å². The van der Waals surface area contributed by atoms with E-state index in [-0.39, 0.29) is 0 Å². The van der Waals surface area contributed by atoms with Crippen molar-refractivity contribution in [2.75, 3.05) is 0 Å². The molecule has 0 spiro atoms. The monoisotopic (exact) mass is 284 g/mol. The summed E-state index contributed by atoms with van der Waals surface area (Å²) in [5.74, 6) is 0.751. The van der Waals surface area contributed by atoms with Gasteiger partial charge in [-0.3, -0.25) is 0 Å². The summed E-state index contributed by atoms with van der Waals surface area (Å²) in [5, 5.41) is 5.24. The summed E-state index contributed by atoms with van der Waals surface area (Å²) in [6.45, 7) is 3.85. The minimum Gasteiger partial charge on any atom is -0.242 e. The molecule has 0 bridgehead atoms. The van der Waals surface area contributed by atoms with Crippen molar-refractivity contribution < 1.29 is 0 Å². The first kappa shape index (κ1) is 12.8. The zero-order valence-electron chi connectivity index (χ0n) is 11.2. The van der Waals surface area contributed by atoms with Gasteiger partial charge in [-0.25, -0.2) is 14.6 Å². The van der Waals surface area contributed by atoms with Crippen LogP contribution in [0.5, 0.6) is 0 Å².